The van der Waals surface area contributed by atoms with E-state index in [-0.39, 0.29) is 11.9 Å². The van der Waals surface area contributed by atoms with E-state index in [1.807, 2.05) is 6.92 Å². The lowest BCUT2D eigenvalue weighted by molar-refractivity contribution is -0.117. The van der Waals surface area contributed by atoms with Crippen molar-refractivity contribution in [3.8, 4) is 0 Å². The highest BCUT2D eigenvalue weighted by atomic mass is 35.5. The van der Waals surface area contributed by atoms with Crippen LogP contribution in [0, 0.1) is 0 Å². The first-order valence-corrected chi connectivity index (χ1v) is 9.15. The molecule has 1 atom stereocenters. The molecule has 1 amide bonds. The van der Waals surface area contributed by atoms with Crippen LogP contribution in [-0.4, -0.2) is 20.7 Å². The second-order valence-corrected chi connectivity index (χ2v) is 7.08. The fourth-order valence-corrected chi connectivity index (χ4v) is 3.54. The SMILES string of the molecule is C[C@@H](NC(=O)/C=C/c1cc(Cl)cc(Cl)c1)c1nnc2n1CCCCC2. The molecule has 1 aliphatic heterocycles. The van der Waals surface area contributed by atoms with E-state index < -0.39 is 0 Å². The minimum Gasteiger partial charge on any atom is -0.343 e. The molecule has 0 fully saturated rings. The Bertz CT molecular complexity index is 780. The van der Waals surface area contributed by atoms with Crippen molar-refractivity contribution < 1.29 is 4.79 Å². The largest absolute Gasteiger partial charge is 0.343 e. The highest BCUT2D eigenvalue weighted by Crippen LogP contribution is 2.20. The van der Waals surface area contributed by atoms with Crippen LogP contribution < -0.4 is 5.32 Å². The summed E-state index contributed by atoms with van der Waals surface area (Å²) in [5, 5.41) is 12.6. The highest BCUT2D eigenvalue weighted by Gasteiger charge is 2.19. The van der Waals surface area contributed by atoms with Gasteiger partial charge >= 0.3 is 0 Å². The molecule has 0 saturated carbocycles. The first-order chi connectivity index (χ1) is 12.0. The zero-order valence-electron chi connectivity index (χ0n) is 14.0. The van der Waals surface area contributed by atoms with Crippen molar-refractivity contribution in [2.24, 2.45) is 0 Å². The molecule has 0 radical (unpaired) electrons. The highest BCUT2D eigenvalue weighted by molar-refractivity contribution is 6.34. The van der Waals surface area contributed by atoms with E-state index in [1.165, 1.54) is 12.5 Å². The molecular formula is C18H20Cl2N4O. The molecule has 1 aromatic heterocycles. The van der Waals surface area contributed by atoms with Gasteiger partial charge in [-0.1, -0.05) is 29.6 Å². The van der Waals surface area contributed by atoms with Gasteiger partial charge in [-0.25, -0.2) is 0 Å². The molecular weight excluding hydrogens is 359 g/mol. The molecule has 132 valence electrons. The third-order valence-corrected chi connectivity index (χ3v) is 4.63. The average molecular weight is 379 g/mol. The minimum absolute atomic E-state index is 0.199. The van der Waals surface area contributed by atoms with Crippen molar-refractivity contribution in [2.45, 2.75) is 45.2 Å². The molecule has 25 heavy (non-hydrogen) atoms. The van der Waals surface area contributed by atoms with Gasteiger partial charge in [-0.2, -0.15) is 0 Å². The van der Waals surface area contributed by atoms with Gasteiger partial charge in [0, 0.05) is 29.1 Å². The van der Waals surface area contributed by atoms with E-state index in [2.05, 4.69) is 20.1 Å². The number of carbonyl (C=O) groups excluding carboxylic acids is 1. The average Bonchev–Trinajstić information content (AvgIpc) is 2.81. The van der Waals surface area contributed by atoms with Crippen LogP contribution in [0.25, 0.3) is 6.08 Å². The number of amides is 1. The molecule has 0 saturated heterocycles. The molecule has 2 heterocycles. The zero-order chi connectivity index (χ0) is 17.8. The fourth-order valence-electron chi connectivity index (χ4n) is 3.00. The molecule has 1 N–H and O–H groups in total. The van der Waals surface area contributed by atoms with Gasteiger partial charge in [-0.3, -0.25) is 4.79 Å². The summed E-state index contributed by atoms with van der Waals surface area (Å²) in [5.41, 5.74) is 0.775. The maximum atomic E-state index is 12.2. The molecule has 2 aromatic rings. The van der Waals surface area contributed by atoms with Gasteiger partial charge in [0.2, 0.25) is 5.91 Å². The number of nitrogens with zero attached hydrogens (tertiary/aromatic N) is 3. The van der Waals surface area contributed by atoms with Crippen LogP contribution in [0.2, 0.25) is 10.0 Å². The van der Waals surface area contributed by atoms with Gasteiger partial charge in [-0.05, 0) is 49.6 Å². The Balaban J connectivity index is 1.66. The number of fused-ring (bicyclic) bond motifs is 1. The van der Waals surface area contributed by atoms with Crippen LogP contribution in [0.5, 0.6) is 0 Å². The molecule has 3 rings (SSSR count). The number of aromatic nitrogens is 3. The summed E-state index contributed by atoms with van der Waals surface area (Å²) in [6.45, 7) is 2.83. The number of hydrogen-bond acceptors (Lipinski definition) is 3. The summed E-state index contributed by atoms with van der Waals surface area (Å²) in [7, 11) is 0. The second-order valence-electron chi connectivity index (χ2n) is 6.20. The number of carbonyl (C=O) groups is 1. The van der Waals surface area contributed by atoms with E-state index in [1.54, 1.807) is 24.3 Å². The van der Waals surface area contributed by atoms with Gasteiger partial charge < -0.3 is 9.88 Å². The maximum Gasteiger partial charge on any atom is 0.244 e. The first kappa shape index (κ1) is 18.0. The predicted octanol–water partition coefficient (Wildman–Crippen LogP) is 4.20. The molecule has 0 bridgehead atoms. The van der Waals surface area contributed by atoms with Gasteiger partial charge in [0.25, 0.3) is 0 Å². The summed E-state index contributed by atoms with van der Waals surface area (Å²) in [4.78, 5) is 12.2. The number of hydrogen-bond donors (Lipinski definition) is 1. The maximum absolute atomic E-state index is 12.2. The van der Waals surface area contributed by atoms with Gasteiger partial charge in [0.1, 0.15) is 5.82 Å². The van der Waals surface area contributed by atoms with E-state index >= 15 is 0 Å². The van der Waals surface area contributed by atoms with Crippen molar-refractivity contribution in [1.82, 2.24) is 20.1 Å². The quantitative estimate of drug-likeness (QED) is 0.810. The van der Waals surface area contributed by atoms with Crippen molar-refractivity contribution in [2.75, 3.05) is 0 Å². The second kappa shape index (κ2) is 8.02. The summed E-state index contributed by atoms with van der Waals surface area (Å²) >= 11 is 11.9. The van der Waals surface area contributed by atoms with Crippen LogP contribution >= 0.6 is 23.2 Å². The van der Waals surface area contributed by atoms with E-state index in [9.17, 15) is 4.79 Å². The molecule has 0 spiro atoms. The van der Waals surface area contributed by atoms with Crippen molar-refractivity contribution >= 4 is 35.2 Å². The Hall–Kier alpha value is -1.85. The number of rotatable bonds is 4. The van der Waals surface area contributed by atoms with Crippen LogP contribution in [0.15, 0.2) is 24.3 Å². The van der Waals surface area contributed by atoms with Gasteiger partial charge in [0.05, 0.1) is 6.04 Å². The Morgan fingerprint density at radius 1 is 1.20 bits per heavy atom. The van der Waals surface area contributed by atoms with Crippen LogP contribution in [0.3, 0.4) is 0 Å². The van der Waals surface area contributed by atoms with E-state index in [0.29, 0.717) is 10.0 Å². The normalized spacial score (nSPS) is 15.6. The third kappa shape index (κ3) is 4.61. The first-order valence-electron chi connectivity index (χ1n) is 8.39. The summed E-state index contributed by atoms with van der Waals surface area (Å²) < 4.78 is 2.14. The van der Waals surface area contributed by atoms with Gasteiger partial charge in [-0.15, -0.1) is 10.2 Å². The number of nitrogens with one attached hydrogen (secondary N) is 1. The number of benzene rings is 1. The third-order valence-electron chi connectivity index (χ3n) is 4.20. The molecule has 7 heteroatoms. The molecule has 1 aliphatic rings. The standard InChI is InChI=1S/C18H20Cl2N4O/c1-12(18-23-22-16-5-3-2-4-8-24(16)18)21-17(25)7-6-13-9-14(19)11-15(20)10-13/h6-7,9-12H,2-5,8H2,1H3,(H,21,25)/b7-6+/t12-/m1/s1. The lowest BCUT2D eigenvalue weighted by Crippen LogP contribution is -2.27. The lowest BCUT2D eigenvalue weighted by atomic mass is 10.2. The Morgan fingerprint density at radius 2 is 1.96 bits per heavy atom. The van der Waals surface area contributed by atoms with Crippen molar-refractivity contribution in [1.29, 1.82) is 0 Å². The van der Waals surface area contributed by atoms with Crippen molar-refractivity contribution in [3.63, 3.8) is 0 Å². The number of halogens is 2. The van der Waals surface area contributed by atoms with Crippen LogP contribution in [0.1, 0.15) is 49.4 Å². The summed E-state index contributed by atoms with van der Waals surface area (Å²) in [5.74, 6) is 1.62. The zero-order valence-corrected chi connectivity index (χ0v) is 15.5. The molecule has 5 nitrogen and oxygen atoms in total. The van der Waals surface area contributed by atoms with Crippen molar-refractivity contribution in [3.05, 3.63) is 51.5 Å². The lowest BCUT2D eigenvalue weighted by Gasteiger charge is -2.14. The Labute approximate surface area is 157 Å². The molecule has 1 aromatic carbocycles. The monoisotopic (exact) mass is 378 g/mol. The van der Waals surface area contributed by atoms with E-state index in [4.69, 9.17) is 23.2 Å². The fraction of sp³-hybridized carbons (Fsp3) is 0.389. The molecule has 0 unspecified atom stereocenters. The number of aryl methyl sites for hydroxylation is 1. The van der Waals surface area contributed by atoms with E-state index in [0.717, 1.165) is 43.0 Å². The predicted molar refractivity (Wildman–Crippen MR) is 99.6 cm³/mol. The van der Waals surface area contributed by atoms with Gasteiger partial charge in [0.15, 0.2) is 5.82 Å². The topological polar surface area (TPSA) is 59.8 Å². The molecule has 0 aliphatic carbocycles. The van der Waals surface area contributed by atoms with Crippen LogP contribution in [-0.2, 0) is 17.8 Å². The minimum atomic E-state index is -0.209. The summed E-state index contributed by atoms with van der Waals surface area (Å²) in [6.07, 6.45) is 7.57. The smallest absolute Gasteiger partial charge is 0.244 e. The summed E-state index contributed by atoms with van der Waals surface area (Å²) in [6, 6.07) is 4.94. The van der Waals surface area contributed by atoms with Crippen LogP contribution in [0.4, 0.5) is 0 Å². The Kier molecular flexibility index (Phi) is 5.76. The Morgan fingerprint density at radius 3 is 2.72 bits per heavy atom.